The highest BCUT2D eigenvalue weighted by atomic mass is 79.9. The molecule has 1 aromatic carbocycles. The van der Waals surface area contributed by atoms with Crippen LogP contribution >= 0.6 is 27.3 Å². The van der Waals surface area contributed by atoms with Gasteiger partial charge in [-0.2, -0.15) is 11.3 Å². The van der Waals surface area contributed by atoms with Crippen LogP contribution < -0.4 is 10.6 Å². The van der Waals surface area contributed by atoms with Gasteiger partial charge in [-0.25, -0.2) is 0 Å². The van der Waals surface area contributed by atoms with Crippen LogP contribution in [0.5, 0.6) is 0 Å². The smallest absolute Gasteiger partial charge is 0.252 e. The van der Waals surface area contributed by atoms with E-state index in [-0.39, 0.29) is 17.9 Å². The van der Waals surface area contributed by atoms with Crippen molar-refractivity contribution in [2.75, 3.05) is 6.54 Å². The van der Waals surface area contributed by atoms with Crippen molar-refractivity contribution >= 4 is 39.1 Å². The molecule has 0 aliphatic carbocycles. The van der Waals surface area contributed by atoms with Crippen LogP contribution in [0.15, 0.2) is 45.6 Å². The normalized spacial score (nSPS) is 11.7. The zero-order chi connectivity index (χ0) is 16.7. The van der Waals surface area contributed by atoms with Crippen molar-refractivity contribution in [2.24, 2.45) is 0 Å². The van der Waals surface area contributed by atoms with Gasteiger partial charge in [0.05, 0.1) is 6.04 Å². The summed E-state index contributed by atoms with van der Waals surface area (Å²) in [5, 5.41) is 9.46. The van der Waals surface area contributed by atoms with Gasteiger partial charge in [-0.3, -0.25) is 9.59 Å². The molecule has 6 heteroatoms. The molecule has 23 heavy (non-hydrogen) atoms. The molecular weight excluding hydrogens is 376 g/mol. The Hall–Kier alpha value is -1.66. The Morgan fingerprint density at radius 1 is 1.26 bits per heavy atom. The minimum atomic E-state index is -0.0896. The predicted octanol–water partition coefficient (Wildman–Crippen LogP) is 3.90. The minimum Gasteiger partial charge on any atom is -0.352 e. The third-order valence-electron chi connectivity index (χ3n) is 3.40. The number of benzene rings is 1. The van der Waals surface area contributed by atoms with Crippen LogP contribution in [-0.2, 0) is 4.79 Å². The van der Waals surface area contributed by atoms with E-state index in [0.29, 0.717) is 24.9 Å². The van der Waals surface area contributed by atoms with Crippen molar-refractivity contribution in [2.45, 2.75) is 25.8 Å². The Bertz CT molecular complexity index is 658. The molecule has 0 saturated carbocycles. The van der Waals surface area contributed by atoms with Crippen LogP contribution in [-0.4, -0.2) is 18.4 Å². The molecule has 2 rings (SSSR count). The number of thiophene rings is 1. The third kappa shape index (κ3) is 5.48. The fourth-order valence-corrected chi connectivity index (χ4v) is 3.43. The minimum absolute atomic E-state index is 0.0157. The molecule has 0 aliphatic heterocycles. The summed E-state index contributed by atoms with van der Waals surface area (Å²) in [7, 11) is 0. The van der Waals surface area contributed by atoms with Gasteiger partial charge in [0.1, 0.15) is 0 Å². The number of carbonyl (C=O) groups is 2. The van der Waals surface area contributed by atoms with Crippen LogP contribution in [0, 0.1) is 0 Å². The van der Waals surface area contributed by atoms with Gasteiger partial charge in [0.2, 0.25) is 5.91 Å². The monoisotopic (exact) mass is 394 g/mol. The molecule has 1 aromatic heterocycles. The summed E-state index contributed by atoms with van der Waals surface area (Å²) in [4.78, 5) is 23.7. The van der Waals surface area contributed by atoms with E-state index in [1.54, 1.807) is 11.4 Å². The molecule has 0 spiro atoms. The zero-order valence-corrected chi connectivity index (χ0v) is 15.2. The Morgan fingerprint density at radius 2 is 2.04 bits per heavy atom. The second kappa shape index (κ2) is 8.84. The van der Waals surface area contributed by atoms with Crippen molar-refractivity contribution in [3.63, 3.8) is 0 Å². The number of carbonyl (C=O) groups excluding carboxylic acids is 2. The molecule has 2 amide bonds. The highest BCUT2D eigenvalue weighted by Gasteiger charge is 2.12. The van der Waals surface area contributed by atoms with Crippen molar-refractivity contribution < 1.29 is 9.59 Å². The molecule has 0 radical (unpaired) electrons. The predicted molar refractivity (Wildman–Crippen MR) is 96.6 cm³/mol. The van der Waals surface area contributed by atoms with Crippen LogP contribution in [0.4, 0.5) is 0 Å². The first-order chi connectivity index (χ1) is 11.1. The quantitative estimate of drug-likeness (QED) is 0.699. The summed E-state index contributed by atoms with van der Waals surface area (Å²) in [6, 6.07) is 9.56. The average Bonchev–Trinajstić information content (AvgIpc) is 3.06. The van der Waals surface area contributed by atoms with Gasteiger partial charge >= 0.3 is 0 Å². The van der Waals surface area contributed by atoms with E-state index in [2.05, 4.69) is 26.6 Å². The summed E-state index contributed by atoms with van der Waals surface area (Å²) in [6.45, 7) is 2.45. The summed E-state index contributed by atoms with van der Waals surface area (Å²) >= 11 is 4.98. The second-order valence-corrected chi connectivity index (χ2v) is 6.82. The van der Waals surface area contributed by atoms with E-state index in [9.17, 15) is 9.59 Å². The van der Waals surface area contributed by atoms with E-state index in [0.717, 1.165) is 10.0 Å². The SMILES string of the molecule is C[C@@H](NC(=O)CCCNC(=O)c1ccsc1)c1ccccc1Br. The first kappa shape index (κ1) is 17.7. The van der Waals surface area contributed by atoms with Gasteiger partial charge in [-0.05, 0) is 36.4 Å². The Labute approximate surface area is 148 Å². The lowest BCUT2D eigenvalue weighted by Gasteiger charge is -2.15. The van der Waals surface area contributed by atoms with Crippen molar-refractivity contribution in [3.05, 3.63) is 56.7 Å². The highest BCUT2D eigenvalue weighted by molar-refractivity contribution is 9.10. The molecule has 0 fully saturated rings. The molecule has 122 valence electrons. The van der Waals surface area contributed by atoms with E-state index in [1.807, 2.05) is 36.6 Å². The largest absolute Gasteiger partial charge is 0.352 e. The van der Waals surface area contributed by atoms with Gasteiger partial charge < -0.3 is 10.6 Å². The fraction of sp³-hybridized carbons (Fsp3) is 0.294. The maximum atomic E-state index is 12.0. The lowest BCUT2D eigenvalue weighted by atomic mass is 10.1. The second-order valence-electron chi connectivity index (χ2n) is 5.18. The molecular formula is C17H19BrN2O2S. The average molecular weight is 395 g/mol. The topological polar surface area (TPSA) is 58.2 Å². The van der Waals surface area contributed by atoms with Crippen LogP contribution in [0.3, 0.4) is 0 Å². The number of amides is 2. The molecule has 0 aliphatic rings. The maximum Gasteiger partial charge on any atom is 0.252 e. The molecule has 0 bridgehead atoms. The maximum absolute atomic E-state index is 12.0. The Kier molecular flexibility index (Phi) is 6.80. The van der Waals surface area contributed by atoms with E-state index in [4.69, 9.17) is 0 Å². The van der Waals surface area contributed by atoms with Crippen molar-refractivity contribution in [3.8, 4) is 0 Å². The molecule has 1 heterocycles. The van der Waals surface area contributed by atoms with E-state index in [1.165, 1.54) is 11.3 Å². The first-order valence-corrected chi connectivity index (χ1v) is 9.15. The van der Waals surface area contributed by atoms with Crippen LogP contribution in [0.1, 0.15) is 41.7 Å². The van der Waals surface area contributed by atoms with E-state index < -0.39 is 0 Å². The van der Waals surface area contributed by atoms with Gasteiger partial charge in [-0.15, -0.1) is 0 Å². The number of nitrogens with one attached hydrogen (secondary N) is 2. The summed E-state index contributed by atoms with van der Waals surface area (Å²) in [5.74, 6) is -0.105. The van der Waals surface area contributed by atoms with Gasteiger partial charge in [0, 0.05) is 28.4 Å². The molecule has 0 unspecified atom stereocenters. The lowest BCUT2D eigenvalue weighted by Crippen LogP contribution is -2.29. The molecule has 4 nitrogen and oxygen atoms in total. The standard InChI is InChI=1S/C17H19BrN2O2S/c1-12(14-5-2-3-6-15(14)18)20-16(21)7-4-9-19-17(22)13-8-10-23-11-13/h2-3,5-6,8,10-12H,4,7,9H2,1H3,(H,19,22)(H,20,21)/t12-/m1/s1. The summed E-state index contributed by atoms with van der Waals surface area (Å²) in [6.07, 6.45) is 1.00. The summed E-state index contributed by atoms with van der Waals surface area (Å²) in [5.41, 5.74) is 1.72. The Balaban J connectivity index is 1.69. The van der Waals surface area contributed by atoms with Gasteiger partial charge in [0.25, 0.3) is 5.91 Å². The zero-order valence-electron chi connectivity index (χ0n) is 12.8. The van der Waals surface area contributed by atoms with Gasteiger partial charge in [0.15, 0.2) is 0 Å². The number of rotatable bonds is 7. The summed E-state index contributed by atoms with van der Waals surface area (Å²) < 4.78 is 0.982. The number of hydrogen-bond donors (Lipinski definition) is 2. The molecule has 2 N–H and O–H groups in total. The fourth-order valence-electron chi connectivity index (χ4n) is 2.16. The Morgan fingerprint density at radius 3 is 2.74 bits per heavy atom. The highest BCUT2D eigenvalue weighted by Crippen LogP contribution is 2.22. The van der Waals surface area contributed by atoms with Crippen molar-refractivity contribution in [1.82, 2.24) is 10.6 Å². The molecule has 1 atom stereocenters. The lowest BCUT2D eigenvalue weighted by molar-refractivity contribution is -0.121. The van der Waals surface area contributed by atoms with Crippen LogP contribution in [0.2, 0.25) is 0 Å². The van der Waals surface area contributed by atoms with Gasteiger partial charge in [-0.1, -0.05) is 34.1 Å². The first-order valence-electron chi connectivity index (χ1n) is 7.42. The van der Waals surface area contributed by atoms with E-state index >= 15 is 0 Å². The van der Waals surface area contributed by atoms with Crippen molar-refractivity contribution in [1.29, 1.82) is 0 Å². The number of halogens is 1. The third-order valence-corrected chi connectivity index (χ3v) is 4.80. The molecule has 2 aromatic rings. The van der Waals surface area contributed by atoms with Crippen LogP contribution in [0.25, 0.3) is 0 Å². The molecule has 0 saturated heterocycles. The number of hydrogen-bond acceptors (Lipinski definition) is 3.